The van der Waals surface area contributed by atoms with Crippen molar-refractivity contribution in [1.29, 1.82) is 0 Å². The molecule has 17 heavy (non-hydrogen) atoms. The molecule has 4 nitrogen and oxygen atoms in total. The average molecular weight is 237 g/mol. The van der Waals surface area contributed by atoms with Gasteiger partial charge in [0.05, 0.1) is 6.61 Å². The Bertz CT molecular complexity index is 390. The first-order valence-electron chi connectivity index (χ1n) is 5.88. The number of hydrogen-bond donors (Lipinski definition) is 1. The molecule has 1 aromatic heterocycles. The molecule has 0 fully saturated rings. The van der Waals surface area contributed by atoms with E-state index < -0.39 is 5.97 Å². The lowest BCUT2D eigenvalue weighted by molar-refractivity contribution is 0.0689. The lowest BCUT2D eigenvalue weighted by atomic mass is 10.1. The van der Waals surface area contributed by atoms with Crippen molar-refractivity contribution in [2.75, 3.05) is 6.61 Å². The fraction of sp³-hybridized carbons (Fsp3) is 0.538. The second-order valence-electron chi connectivity index (χ2n) is 4.32. The van der Waals surface area contributed by atoms with E-state index >= 15 is 0 Å². The number of carbonyl (C=O) groups is 1. The molecule has 1 heterocycles. The van der Waals surface area contributed by atoms with Gasteiger partial charge in [0.15, 0.2) is 0 Å². The zero-order chi connectivity index (χ0) is 12.8. The Hall–Kier alpha value is -1.58. The molecule has 0 saturated heterocycles. The summed E-state index contributed by atoms with van der Waals surface area (Å²) in [6.45, 7) is 6.45. The highest BCUT2D eigenvalue weighted by Gasteiger charge is 2.16. The third kappa shape index (κ3) is 3.73. The van der Waals surface area contributed by atoms with E-state index in [1.54, 1.807) is 19.2 Å². The predicted octanol–water partition coefficient (Wildman–Crippen LogP) is 2.90. The number of nitrogens with zero attached hydrogens (tertiary/aromatic N) is 1. The molecule has 0 aliphatic carbocycles. The quantitative estimate of drug-likeness (QED) is 0.826. The van der Waals surface area contributed by atoms with E-state index in [-0.39, 0.29) is 11.4 Å². The molecule has 94 valence electrons. The van der Waals surface area contributed by atoms with Crippen LogP contribution in [0, 0.1) is 12.8 Å². The van der Waals surface area contributed by atoms with Crippen molar-refractivity contribution < 1.29 is 14.6 Å². The molecule has 0 spiro atoms. The molecule has 4 heteroatoms. The Balaban J connectivity index is 2.77. The summed E-state index contributed by atoms with van der Waals surface area (Å²) in [5, 5.41) is 9.10. The Morgan fingerprint density at radius 1 is 1.59 bits per heavy atom. The minimum absolute atomic E-state index is 0.163. The van der Waals surface area contributed by atoms with Crippen LogP contribution in [0.5, 0.6) is 5.88 Å². The van der Waals surface area contributed by atoms with Crippen LogP contribution in [0.2, 0.25) is 0 Å². The Morgan fingerprint density at radius 3 is 2.88 bits per heavy atom. The SMILES string of the molecule is CCCC(C)COc1nccc(C)c1C(=O)O. The van der Waals surface area contributed by atoms with E-state index in [0.717, 1.165) is 12.8 Å². The summed E-state index contributed by atoms with van der Waals surface area (Å²) in [5.74, 6) is -0.363. The van der Waals surface area contributed by atoms with Gasteiger partial charge in [0.25, 0.3) is 0 Å². The highest BCUT2D eigenvalue weighted by atomic mass is 16.5. The van der Waals surface area contributed by atoms with E-state index in [1.807, 2.05) is 0 Å². The van der Waals surface area contributed by atoms with E-state index in [1.165, 1.54) is 0 Å². The minimum Gasteiger partial charge on any atom is -0.477 e. The van der Waals surface area contributed by atoms with Crippen molar-refractivity contribution in [2.45, 2.75) is 33.6 Å². The maximum Gasteiger partial charge on any atom is 0.341 e. The summed E-state index contributed by atoms with van der Waals surface area (Å²) < 4.78 is 5.50. The normalized spacial score (nSPS) is 12.2. The number of ether oxygens (including phenoxy) is 1. The van der Waals surface area contributed by atoms with Crippen molar-refractivity contribution in [3.63, 3.8) is 0 Å². The minimum atomic E-state index is -0.992. The first-order chi connectivity index (χ1) is 8.06. The molecule has 1 aromatic rings. The first-order valence-corrected chi connectivity index (χ1v) is 5.88. The highest BCUT2D eigenvalue weighted by Crippen LogP contribution is 2.20. The van der Waals surface area contributed by atoms with Crippen LogP contribution in [0.15, 0.2) is 12.3 Å². The van der Waals surface area contributed by atoms with Gasteiger partial charge in [0.1, 0.15) is 5.56 Å². The largest absolute Gasteiger partial charge is 0.477 e. The van der Waals surface area contributed by atoms with Gasteiger partial charge in [-0.3, -0.25) is 0 Å². The summed E-state index contributed by atoms with van der Waals surface area (Å²) in [7, 11) is 0. The summed E-state index contributed by atoms with van der Waals surface area (Å²) >= 11 is 0. The standard InChI is InChI=1S/C13H19NO3/c1-4-5-9(2)8-17-12-11(13(15)16)10(3)6-7-14-12/h6-7,9H,4-5,8H2,1-3H3,(H,15,16). The van der Waals surface area contributed by atoms with Crippen LogP contribution in [-0.2, 0) is 0 Å². The van der Waals surface area contributed by atoms with Crippen molar-refractivity contribution in [1.82, 2.24) is 4.98 Å². The summed E-state index contributed by atoms with van der Waals surface area (Å²) in [6, 6.07) is 1.67. The number of pyridine rings is 1. The molecule has 1 unspecified atom stereocenters. The van der Waals surface area contributed by atoms with Gasteiger partial charge in [-0.05, 0) is 30.9 Å². The molecule has 0 aliphatic rings. The number of aromatic nitrogens is 1. The Morgan fingerprint density at radius 2 is 2.29 bits per heavy atom. The molecular formula is C13H19NO3. The Labute approximate surface area is 102 Å². The van der Waals surface area contributed by atoms with Gasteiger partial charge in [-0.25, -0.2) is 9.78 Å². The van der Waals surface area contributed by atoms with Crippen LogP contribution in [0.3, 0.4) is 0 Å². The van der Waals surface area contributed by atoms with Crippen molar-refractivity contribution >= 4 is 5.97 Å². The van der Waals surface area contributed by atoms with E-state index in [0.29, 0.717) is 18.1 Å². The monoisotopic (exact) mass is 237 g/mol. The zero-order valence-electron chi connectivity index (χ0n) is 10.6. The van der Waals surface area contributed by atoms with E-state index in [2.05, 4.69) is 18.8 Å². The number of carboxylic acid groups (broad SMARTS) is 1. The second-order valence-corrected chi connectivity index (χ2v) is 4.32. The highest BCUT2D eigenvalue weighted by molar-refractivity contribution is 5.91. The van der Waals surface area contributed by atoms with Crippen LogP contribution in [-0.4, -0.2) is 22.7 Å². The molecule has 0 amide bonds. The van der Waals surface area contributed by atoms with Gasteiger partial charge < -0.3 is 9.84 Å². The van der Waals surface area contributed by atoms with Crippen LogP contribution < -0.4 is 4.74 Å². The van der Waals surface area contributed by atoms with Crippen LogP contribution >= 0.6 is 0 Å². The summed E-state index contributed by atoms with van der Waals surface area (Å²) in [5.41, 5.74) is 0.835. The number of hydrogen-bond acceptors (Lipinski definition) is 3. The lowest BCUT2D eigenvalue weighted by Crippen LogP contribution is -2.12. The molecule has 0 aromatic carbocycles. The van der Waals surface area contributed by atoms with Crippen LogP contribution in [0.25, 0.3) is 0 Å². The topological polar surface area (TPSA) is 59.4 Å². The van der Waals surface area contributed by atoms with E-state index in [4.69, 9.17) is 9.84 Å². The van der Waals surface area contributed by atoms with Gasteiger partial charge in [-0.15, -0.1) is 0 Å². The third-order valence-corrected chi connectivity index (χ3v) is 2.62. The van der Waals surface area contributed by atoms with Crippen molar-refractivity contribution in [3.8, 4) is 5.88 Å². The molecular weight excluding hydrogens is 218 g/mol. The van der Waals surface area contributed by atoms with Crippen LogP contribution in [0.4, 0.5) is 0 Å². The maximum atomic E-state index is 11.1. The van der Waals surface area contributed by atoms with E-state index in [9.17, 15) is 4.79 Å². The summed E-state index contributed by atoms with van der Waals surface area (Å²) in [4.78, 5) is 15.1. The van der Waals surface area contributed by atoms with Gasteiger partial charge in [-0.1, -0.05) is 20.3 Å². The number of carboxylic acids is 1. The van der Waals surface area contributed by atoms with Gasteiger partial charge >= 0.3 is 5.97 Å². The summed E-state index contributed by atoms with van der Waals surface area (Å²) in [6.07, 6.45) is 3.73. The first kappa shape index (κ1) is 13.5. The molecule has 0 aliphatic heterocycles. The zero-order valence-corrected chi connectivity index (χ0v) is 10.6. The molecule has 1 atom stereocenters. The number of aromatic carboxylic acids is 1. The lowest BCUT2D eigenvalue weighted by Gasteiger charge is -2.13. The van der Waals surface area contributed by atoms with Gasteiger partial charge in [0, 0.05) is 6.20 Å². The molecule has 0 radical (unpaired) electrons. The number of rotatable bonds is 6. The molecule has 0 bridgehead atoms. The second kappa shape index (κ2) is 6.23. The molecule has 0 saturated carbocycles. The Kier molecular flexibility index (Phi) is 4.94. The maximum absolute atomic E-state index is 11.1. The predicted molar refractivity (Wildman–Crippen MR) is 65.5 cm³/mol. The van der Waals surface area contributed by atoms with Crippen molar-refractivity contribution in [3.05, 3.63) is 23.4 Å². The fourth-order valence-electron chi connectivity index (χ4n) is 1.70. The third-order valence-electron chi connectivity index (χ3n) is 2.62. The van der Waals surface area contributed by atoms with Gasteiger partial charge in [-0.2, -0.15) is 0 Å². The average Bonchev–Trinajstić information content (AvgIpc) is 2.26. The molecule has 1 N–H and O–H groups in total. The van der Waals surface area contributed by atoms with Crippen LogP contribution in [0.1, 0.15) is 42.6 Å². The number of aryl methyl sites for hydroxylation is 1. The smallest absolute Gasteiger partial charge is 0.341 e. The van der Waals surface area contributed by atoms with Gasteiger partial charge in [0.2, 0.25) is 5.88 Å². The van der Waals surface area contributed by atoms with Crippen molar-refractivity contribution in [2.24, 2.45) is 5.92 Å². The molecule has 1 rings (SSSR count). The fourth-order valence-corrected chi connectivity index (χ4v) is 1.70.